The number of ether oxygens (including phenoxy) is 1. The molecule has 0 bridgehead atoms. The van der Waals surface area contributed by atoms with Crippen LogP contribution in [0.3, 0.4) is 0 Å². The maximum absolute atomic E-state index is 13.5. The third kappa shape index (κ3) is 4.64. The summed E-state index contributed by atoms with van der Waals surface area (Å²) < 4.78 is 48.5. The zero-order valence-electron chi connectivity index (χ0n) is 19.2. The Morgan fingerprint density at radius 2 is 1.97 bits per heavy atom. The molecule has 0 aliphatic heterocycles. The average molecular weight is 507 g/mol. The van der Waals surface area contributed by atoms with E-state index in [9.17, 15) is 18.0 Å². The van der Waals surface area contributed by atoms with E-state index in [1.165, 1.54) is 33.8 Å². The SMILES string of the molecule is CC(C)(C)OC(=O)N(Cc1cn2c(C(F)(F)F)cccc2n1)c1cc(Cl)nc2c(C3CC3)cnn12. The predicted molar refractivity (Wildman–Crippen MR) is 123 cm³/mol. The van der Waals surface area contributed by atoms with Gasteiger partial charge in [-0.15, -0.1) is 0 Å². The molecule has 4 aromatic rings. The molecule has 4 heterocycles. The van der Waals surface area contributed by atoms with Gasteiger partial charge in [0.05, 0.1) is 18.4 Å². The van der Waals surface area contributed by atoms with Gasteiger partial charge in [0.1, 0.15) is 27.9 Å². The van der Waals surface area contributed by atoms with E-state index in [1.807, 2.05) is 0 Å². The van der Waals surface area contributed by atoms with E-state index < -0.39 is 23.6 Å². The Balaban J connectivity index is 1.61. The molecule has 0 spiro atoms. The van der Waals surface area contributed by atoms with Crippen LogP contribution in [0, 0.1) is 0 Å². The molecule has 4 aromatic heterocycles. The first kappa shape index (κ1) is 23.4. The van der Waals surface area contributed by atoms with E-state index in [4.69, 9.17) is 16.3 Å². The Hall–Kier alpha value is -3.34. The number of halogens is 4. The van der Waals surface area contributed by atoms with Crippen LogP contribution in [0.2, 0.25) is 5.15 Å². The Morgan fingerprint density at radius 3 is 2.63 bits per heavy atom. The first-order valence-corrected chi connectivity index (χ1v) is 11.4. The smallest absolute Gasteiger partial charge is 0.431 e. The molecule has 0 radical (unpaired) electrons. The van der Waals surface area contributed by atoms with Gasteiger partial charge in [-0.2, -0.15) is 22.8 Å². The number of hydrogen-bond donors (Lipinski definition) is 0. The minimum atomic E-state index is -4.57. The average Bonchev–Trinajstić information content (AvgIpc) is 3.35. The third-order valence-corrected chi connectivity index (χ3v) is 5.70. The molecule has 0 aromatic carbocycles. The topological polar surface area (TPSA) is 77.0 Å². The summed E-state index contributed by atoms with van der Waals surface area (Å²) in [5.41, 5.74) is 0.0957. The van der Waals surface area contributed by atoms with Gasteiger partial charge in [-0.1, -0.05) is 17.7 Å². The van der Waals surface area contributed by atoms with Crippen LogP contribution in [0.5, 0.6) is 0 Å². The summed E-state index contributed by atoms with van der Waals surface area (Å²) >= 11 is 6.32. The van der Waals surface area contributed by atoms with Gasteiger partial charge in [0.25, 0.3) is 0 Å². The summed E-state index contributed by atoms with van der Waals surface area (Å²) in [7, 11) is 0. The number of anilines is 1. The van der Waals surface area contributed by atoms with Crippen LogP contribution in [-0.2, 0) is 17.5 Å². The maximum Gasteiger partial charge on any atom is 0.431 e. The van der Waals surface area contributed by atoms with Crippen LogP contribution in [0.25, 0.3) is 11.3 Å². The van der Waals surface area contributed by atoms with E-state index in [0.717, 1.165) is 28.9 Å². The molecule has 1 aliphatic rings. The van der Waals surface area contributed by atoms with Crippen molar-refractivity contribution in [2.24, 2.45) is 0 Å². The first-order chi connectivity index (χ1) is 16.4. The standard InChI is InChI=1S/C23H22ClF3N6O2/c1-22(2,3)35-21(34)32(12-14-11-31-16(23(25,26)27)5-4-6-18(31)29-14)19-9-17(24)30-20-15(13-7-8-13)10-28-33(19)20/h4-6,9-11,13H,7-8,12H2,1-3H3. The number of rotatable bonds is 4. The number of carbonyl (C=O) groups is 1. The van der Waals surface area contributed by atoms with Gasteiger partial charge in [0.2, 0.25) is 0 Å². The minimum absolute atomic E-state index is 0.104. The summed E-state index contributed by atoms with van der Waals surface area (Å²) in [4.78, 5) is 23.3. The van der Waals surface area contributed by atoms with Crippen molar-refractivity contribution in [3.63, 3.8) is 0 Å². The second kappa shape index (κ2) is 8.11. The van der Waals surface area contributed by atoms with Crippen LogP contribution in [0.4, 0.5) is 23.8 Å². The molecule has 1 aliphatic carbocycles. The molecular weight excluding hydrogens is 485 g/mol. The van der Waals surface area contributed by atoms with Crippen LogP contribution in [-0.4, -0.2) is 35.7 Å². The number of imidazole rings is 1. The molecule has 1 fully saturated rings. The van der Waals surface area contributed by atoms with Gasteiger partial charge >= 0.3 is 12.3 Å². The molecule has 5 rings (SSSR count). The Morgan fingerprint density at radius 1 is 1.23 bits per heavy atom. The number of carbonyl (C=O) groups excluding carboxylic acids is 1. The third-order valence-electron chi connectivity index (χ3n) is 5.51. The summed E-state index contributed by atoms with van der Waals surface area (Å²) in [6, 6.07) is 5.20. The van der Waals surface area contributed by atoms with E-state index >= 15 is 0 Å². The second-order valence-electron chi connectivity index (χ2n) is 9.48. The number of amides is 1. The molecule has 0 unspecified atom stereocenters. The Kier molecular flexibility index (Phi) is 5.42. The van der Waals surface area contributed by atoms with Gasteiger partial charge in [0.15, 0.2) is 5.65 Å². The van der Waals surface area contributed by atoms with Gasteiger partial charge < -0.3 is 4.74 Å². The summed E-state index contributed by atoms with van der Waals surface area (Å²) in [5.74, 6) is 0.606. The first-order valence-electron chi connectivity index (χ1n) is 11.0. The molecule has 0 saturated heterocycles. The van der Waals surface area contributed by atoms with E-state index in [2.05, 4.69) is 15.1 Å². The van der Waals surface area contributed by atoms with Crippen molar-refractivity contribution in [1.82, 2.24) is 24.0 Å². The fourth-order valence-corrected chi connectivity index (χ4v) is 4.07. The summed E-state index contributed by atoms with van der Waals surface area (Å²) in [6.45, 7) is 4.98. The van der Waals surface area contributed by atoms with Gasteiger partial charge in [-0.25, -0.2) is 14.8 Å². The van der Waals surface area contributed by atoms with Crippen LogP contribution in [0.15, 0.2) is 36.7 Å². The van der Waals surface area contributed by atoms with Crippen molar-refractivity contribution in [2.45, 2.75) is 57.9 Å². The van der Waals surface area contributed by atoms with Crippen molar-refractivity contribution in [3.8, 4) is 0 Å². The number of alkyl halides is 3. The fourth-order valence-electron chi connectivity index (χ4n) is 3.90. The lowest BCUT2D eigenvalue weighted by Gasteiger charge is -2.27. The van der Waals surface area contributed by atoms with Crippen LogP contribution in [0.1, 0.15) is 56.5 Å². The highest BCUT2D eigenvalue weighted by atomic mass is 35.5. The molecule has 8 nitrogen and oxygen atoms in total. The lowest BCUT2D eigenvalue weighted by Crippen LogP contribution is -2.37. The molecule has 1 saturated carbocycles. The zero-order valence-corrected chi connectivity index (χ0v) is 19.9. The molecule has 0 atom stereocenters. The summed E-state index contributed by atoms with van der Waals surface area (Å²) in [6.07, 6.45) is -0.298. The highest BCUT2D eigenvalue weighted by Gasteiger charge is 2.34. The van der Waals surface area contributed by atoms with Crippen LogP contribution >= 0.6 is 11.6 Å². The Bertz CT molecular complexity index is 1440. The van der Waals surface area contributed by atoms with Gasteiger partial charge in [-0.3, -0.25) is 9.30 Å². The number of aromatic nitrogens is 5. The number of fused-ring (bicyclic) bond motifs is 2. The number of nitrogens with zero attached hydrogens (tertiary/aromatic N) is 6. The lowest BCUT2D eigenvalue weighted by molar-refractivity contribution is -0.142. The van der Waals surface area contributed by atoms with Crippen molar-refractivity contribution >= 4 is 34.8 Å². The van der Waals surface area contributed by atoms with Crippen molar-refractivity contribution in [1.29, 1.82) is 0 Å². The lowest BCUT2D eigenvalue weighted by atomic mass is 10.2. The highest BCUT2D eigenvalue weighted by Crippen LogP contribution is 2.42. The maximum atomic E-state index is 13.5. The van der Waals surface area contributed by atoms with E-state index in [0.29, 0.717) is 11.6 Å². The monoisotopic (exact) mass is 506 g/mol. The summed E-state index contributed by atoms with van der Waals surface area (Å²) in [5, 5.41) is 4.57. The Labute approximate surface area is 203 Å². The van der Waals surface area contributed by atoms with E-state index in [1.54, 1.807) is 27.0 Å². The van der Waals surface area contributed by atoms with Crippen molar-refractivity contribution in [2.75, 3.05) is 4.90 Å². The molecule has 12 heteroatoms. The van der Waals surface area contributed by atoms with Gasteiger partial charge in [-0.05, 0) is 51.7 Å². The molecule has 35 heavy (non-hydrogen) atoms. The molecule has 184 valence electrons. The zero-order chi connectivity index (χ0) is 25.1. The van der Waals surface area contributed by atoms with Crippen molar-refractivity contribution < 1.29 is 22.7 Å². The second-order valence-corrected chi connectivity index (χ2v) is 9.87. The molecule has 1 amide bonds. The van der Waals surface area contributed by atoms with Gasteiger partial charge in [0, 0.05) is 17.8 Å². The molecule has 0 N–H and O–H groups in total. The van der Waals surface area contributed by atoms with Crippen LogP contribution < -0.4 is 4.90 Å². The largest absolute Gasteiger partial charge is 0.443 e. The number of pyridine rings is 1. The quantitative estimate of drug-likeness (QED) is 0.324. The van der Waals surface area contributed by atoms with Crippen molar-refractivity contribution in [3.05, 3.63) is 58.8 Å². The van der Waals surface area contributed by atoms with E-state index in [-0.39, 0.29) is 28.9 Å². The fraction of sp³-hybridized carbons (Fsp3) is 0.391. The molecular formula is C23H22ClF3N6O2. The predicted octanol–water partition coefficient (Wildman–Crippen LogP) is 5.87. The highest BCUT2D eigenvalue weighted by molar-refractivity contribution is 6.29. The normalized spacial score (nSPS) is 14.6. The minimum Gasteiger partial charge on any atom is -0.443 e. The number of hydrogen-bond acceptors (Lipinski definition) is 5.